The number of hydrogen-bond acceptors (Lipinski definition) is 2. The standard InChI is InChI=1S/C18H28N2/c1-14(2)16-7-9-17(10-8-16)19-11-12-20(15(3)13-19)18-5-4-6-18/h7-10,14-15,18H,4-6,11-13H2,1-3H3/t15-/m0/s1. The monoisotopic (exact) mass is 272 g/mol. The minimum atomic E-state index is 0.624. The highest BCUT2D eigenvalue weighted by molar-refractivity contribution is 5.48. The first kappa shape index (κ1) is 13.9. The molecule has 1 aliphatic carbocycles. The molecule has 0 aromatic heterocycles. The Bertz CT molecular complexity index is 433. The maximum atomic E-state index is 2.74. The van der Waals surface area contributed by atoms with Crippen molar-refractivity contribution in [1.29, 1.82) is 0 Å². The van der Waals surface area contributed by atoms with Crippen molar-refractivity contribution in [3.8, 4) is 0 Å². The number of benzene rings is 1. The SMILES string of the molecule is CC(C)c1ccc(N2CCN(C3CCC3)[C@@H](C)C2)cc1. The molecule has 0 N–H and O–H groups in total. The Labute approximate surface area is 123 Å². The van der Waals surface area contributed by atoms with E-state index in [0.29, 0.717) is 12.0 Å². The third-order valence-corrected chi connectivity index (χ3v) is 5.15. The maximum Gasteiger partial charge on any atom is 0.0367 e. The van der Waals surface area contributed by atoms with Gasteiger partial charge in [-0.1, -0.05) is 32.4 Å². The molecule has 1 aromatic carbocycles. The Balaban J connectivity index is 1.64. The second-order valence-corrected chi connectivity index (χ2v) is 6.86. The van der Waals surface area contributed by atoms with Crippen molar-refractivity contribution in [3.05, 3.63) is 29.8 Å². The molecule has 110 valence electrons. The van der Waals surface area contributed by atoms with E-state index in [-0.39, 0.29) is 0 Å². The molecule has 0 spiro atoms. The predicted octanol–water partition coefficient (Wildman–Crippen LogP) is 3.87. The van der Waals surface area contributed by atoms with Gasteiger partial charge in [0.2, 0.25) is 0 Å². The van der Waals surface area contributed by atoms with E-state index < -0.39 is 0 Å². The van der Waals surface area contributed by atoms with Crippen molar-refractivity contribution >= 4 is 5.69 Å². The third kappa shape index (κ3) is 2.71. The number of hydrogen-bond donors (Lipinski definition) is 0. The van der Waals surface area contributed by atoms with Crippen molar-refractivity contribution in [3.63, 3.8) is 0 Å². The summed E-state index contributed by atoms with van der Waals surface area (Å²) in [5.41, 5.74) is 2.84. The second kappa shape index (κ2) is 5.77. The molecule has 0 radical (unpaired) electrons. The first-order valence-corrected chi connectivity index (χ1v) is 8.26. The summed E-state index contributed by atoms with van der Waals surface area (Å²) in [5, 5.41) is 0. The van der Waals surface area contributed by atoms with Crippen LogP contribution in [0.3, 0.4) is 0 Å². The summed E-state index contributed by atoms with van der Waals surface area (Å²) in [6, 6.07) is 10.8. The molecule has 1 heterocycles. The topological polar surface area (TPSA) is 6.48 Å². The molecule has 0 unspecified atom stereocenters. The van der Waals surface area contributed by atoms with Gasteiger partial charge in [0, 0.05) is 37.4 Å². The van der Waals surface area contributed by atoms with Crippen LogP contribution in [0, 0.1) is 0 Å². The maximum absolute atomic E-state index is 2.74. The Kier molecular flexibility index (Phi) is 4.02. The van der Waals surface area contributed by atoms with Gasteiger partial charge >= 0.3 is 0 Å². The molecule has 2 aliphatic rings. The quantitative estimate of drug-likeness (QED) is 0.824. The summed E-state index contributed by atoms with van der Waals surface area (Å²) in [7, 11) is 0. The van der Waals surface area contributed by atoms with Gasteiger partial charge in [0.05, 0.1) is 0 Å². The van der Waals surface area contributed by atoms with Crippen LogP contribution in [0.2, 0.25) is 0 Å². The summed E-state index contributed by atoms with van der Waals surface area (Å²) in [6.45, 7) is 10.5. The summed E-state index contributed by atoms with van der Waals surface area (Å²) in [6.07, 6.45) is 4.29. The van der Waals surface area contributed by atoms with Crippen molar-refractivity contribution in [2.45, 2.75) is 58.0 Å². The fraction of sp³-hybridized carbons (Fsp3) is 0.667. The predicted molar refractivity (Wildman–Crippen MR) is 86.6 cm³/mol. The van der Waals surface area contributed by atoms with Crippen LogP contribution in [0.25, 0.3) is 0 Å². The van der Waals surface area contributed by atoms with Gasteiger partial charge in [0.15, 0.2) is 0 Å². The average molecular weight is 272 g/mol. The molecule has 2 heteroatoms. The largest absolute Gasteiger partial charge is 0.369 e. The van der Waals surface area contributed by atoms with Crippen molar-refractivity contribution in [2.24, 2.45) is 0 Å². The molecule has 0 amide bonds. The molecule has 3 rings (SSSR count). The van der Waals surface area contributed by atoms with Gasteiger partial charge in [-0.15, -0.1) is 0 Å². The molecule has 2 nitrogen and oxygen atoms in total. The Morgan fingerprint density at radius 3 is 2.25 bits per heavy atom. The molecule has 1 aliphatic heterocycles. The summed E-state index contributed by atoms with van der Waals surface area (Å²) >= 11 is 0. The van der Waals surface area contributed by atoms with E-state index in [4.69, 9.17) is 0 Å². The molecule has 0 bridgehead atoms. The van der Waals surface area contributed by atoms with Crippen LogP contribution in [0.5, 0.6) is 0 Å². The first-order chi connectivity index (χ1) is 9.65. The van der Waals surface area contributed by atoms with Crippen LogP contribution in [0.1, 0.15) is 51.5 Å². The Morgan fingerprint density at radius 2 is 1.75 bits per heavy atom. The van der Waals surface area contributed by atoms with Gasteiger partial charge < -0.3 is 4.90 Å². The molecular formula is C18H28N2. The van der Waals surface area contributed by atoms with Crippen LogP contribution < -0.4 is 4.90 Å². The minimum Gasteiger partial charge on any atom is -0.369 e. The number of rotatable bonds is 3. The van der Waals surface area contributed by atoms with Gasteiger partial charge in [-0.05, 0) is 43.4 Å². The van der Waals surface area contributed by atoms with Crippen LogP contribution in [0.4, 0.5) is 5.69 Å². The number of nitrogens with zero attached hydrogens (tertiary/aromatic N) is 2. The zero-order valence-electron chi connectivity index (χ0n) is 13.2. The zero-order valence-corrected chi connectivity index (χ0v) is 13.2. The zero-order chi connectivity index (χ0) is 14.1. The summed E-state index contributed by atoms with van der Waals surface area (Å²) in [5.74, 6) is 0.624. The highest BCUT2D eigenvalue weighted by Gasteiger charge is 2.32. The van der Waals surface area contributed by atoms with Gasteiger partial charge in [0.25, 0.3) is 0 Å². The lowest BCUT2D eigenvalue weighted by Crippen LogP contribution is -2.57. The highest BCUT2D eigenvalue weighted by Crippen LogP contribution is 2.29. The summed E-state index contributed by atoms with van der Waals surface area (Å²) in [4.78, 5) is 5.30. The molecule has 1 saturated heterocycles. The molecular weight excluding hydrogens is 244 g/mol. The van der Waals surface area contributed by atoms with Gasteiger partial charge in [-0.2, -0.15) is 0 Å². The molecule has 2 fully saturated rings. The highest BCUT2D eigenvalue weighted by atomic mass is 15.3. The van der Waals surface area contributed by atoms with Crippen LogP contribution >= 0.6 is 0 Å². The molecule has 1 saturated carbocycles. The van der Waals surface area contributed by atoms with Crippen LogP contribution in [0.15, 0.2) is 24.3 Å². The average Bonchev–Trinajstić information content (AvgIpc) is 2.39. The lowest BCUT2D eigenvalue weighted by Gasteiger charge is -2.47. The molecule has 1 atom stereocenters. The fourth-order valence-corrected chi connectivity index (χ4v) is 3.54. The van der Waals surface area contributed by atoms with Gasteiger partial charge in [-0.25, -0.2) is 0 Å². The third-order valence-electron chi connectivity index (χ3n) is 5.15. The van der Waals surface area contributed by atoms with Gasteiger partial charge in [0.1, 0.15) is 0 Å². The fourth-order valence-electron chi connectivity index (χ4n) is 3.54. The Hall–Kier alpha value is -1.02. The van der Waals surface area contributed by atoms with E-state index in [1.54, 1.807) is 0 Å². The lowest BCUT2D eigenvalue weighted by atomic mass is 9.89. The van der Waals surface area contributed by atoms with E-state index >= 15 is 0 Å². The second-order valence-electron chi connectivity index (χ2n) is 6.86. The number of anilines is 1. The molecule has 1 aromatic rings. The Morgan fingerprint density at radius 1 is 1.05 bits per heavy atom. The van der Waals surface area contributed by atoms with Crippen LogP contribution in [-0.4, -0.2) is 36.6 Å². The van der Waals surface area contributed by atoms with Crippen molar-refractivity contribution in [2.75, 3.05) is 24.5 Å². The lowest BCUT2D eigenvalue weighted by molar-refractivity contribution is 0.0775. The number of piperazine rings is 1. The smallest absolute Gasteiger partial charge is 0.0367 e. The van der Waals surface area contributed by atoms with E-state index in [2.05, 4.69) is 54.8 Å². The van der Waals surface area contributed by atoms with E-state index in [0.717, 1.165) is 6.04 Å². The van der Waals surface area contributed by atoms with E-state index in [1.165, 1.54) is 50.1 Å². The van der Waals surface area contributed by atoms with E-state index in [1.807, 2.05) is 0 Å². The minimum absolute atomic E-state index is 0.624. The normalized spacial score (nSPS) is 25.0. The van der Waals surface area contributed by atoms with Crippen molar-refractivity contribution in [1.82, 2.24) is 4.90 Å². The first-order valence-electron chi connectivity index (χ1n) is 8.26. The van der Waals surface area contributed by atoms with Crippen LogP contribution in [-0.2, 0) is 0 Å². The molecule has 20 heavy (non-hydrogen) atoms. The summed E-state index contributed by atoms with van der Waals surface area (Å²) < 4.78 is 0. The van der Waals surface area contributed by atoms with Gasteiger partial charge in [-0.3, -0.25) is 4.90 Å². The van der Waals surface area contributed by atoms with E-state index in [9.17, 15) is 0 Å². The van der Waals surface area contributed by atoms with Crippen molar-refractivity contribution < 1.29 is 0 Å².